The predicted octanol–water partition coefficient (Wildman–Crippen LogP) is 9.19. The lowest BCUT2D eigenvalue weighted by Crippen LogP contribution is -2.41. The van der Waals surface area contributed by atoms with E-state index in [9.17, 15) is 25.5 Å². The van der Waals surface area contributed by atoms with Crippen LogP contribution < -0.4 is 20.1 Å². The summed E-state index contributed by atoms with van der Waals surface area (Å²) < 4.78 is 12.0. The molecule has 1 aliphatic carbocycles. The number of phenolic OH excluding ortho intramolecular Hbond substituents is 3. The first-order chi connectivity index (χ1) is 32.4. The molecule has 2 heterocycles. The first-order valence-corrected chi connectivity index (χ1v) is 25.7. The number of ketones is 1. The van der Waals surface area contributed by atoms with Crippen LogP contribution in [0.5, 0.6) is 28.7 Å². The van der Waals surface area contributed by atoms with Gasteiger partial charge in [0.1, 0.15) is 18.3 Å². The third kappa shape index (κ3) is 11.3. The summed E-state index contributed by atoms with van der Waals surface area (Å²) in [7, 11) is 6.57. The van der Waals surface area contributed by atoms with Gasteiger partial charge in [0.15, 0.2) is 23.0 Å². The average Bonchev–Trinajstić information content (AvgIpc) is 4.03. The Bertz CT molecular complexity index is 2640. The van der Waals surface area contributed by atoms with Crippen molar-refractivity contribution in [2.24, 2.45) is 5.92 Å². The Kier molecular flexibility index (Phi) is 15.5. The number of ether oxygens (including phenoxy) is 2. The van der Waals surface area contributed by atoms with E-state index in [1.165, 1.54) is 10.8 Å². The van der Waals surface area contributed by atoms with Crippen LogP contribution in [0.2, 0.25) is 0 Å². The Morgan fingerprint density at radius 3 is 2.45 bits per heavy atom. The number of aliphatic hydroxyl groups is 2. The third-order valence-corrected chi connectivity index (χ3v) is 16.4. The number of rotatable bonds is 16. The predicted molar refractivity (Wildman–Crippen MR) is 268 cm³/mol. The Balaban J connectivity index is 1.16. The second kappa shape index (κ2) is 21.4. The molecule has 0 amide bonds. The van der Waals surface area contributed by atoms with Crippen molar-refractivity contribution in [2.45, 2.75) is 93.6 Å². The SMILES string of the molecule is CNC1(c2cc(O)cc(C(Cc3ccc(O)c4c3CSSCC(C)(O)CNCO4)C(=O)CC(O)C(Cc3cc[nH]c3)Cc3ccc(O)c(OC)c3Cc3cccc4ccccc34)c2)CCCC1. The highest BCUT2D eigenvalue weighted by molar-refractivity contribution is 8.76. The fraction of sp³-hybridized carbons (Fsp3) is 0.389. The summed E-state index contributed by atoms with van der Waals surface area (Å²) >= 11 is 0. The molecule has 4 unspecified atom stereocenters. The summed E-state index contributed by atoms with van der Waals surface area (Å²) in [6, 6.07) is 28.9. The number of benzene rings is 5. The number of carbonyl (C=O) groups is 1. The quantitative estimate of drug-likeness (QED) is 0.0433. The molecule has 1 aromatic heterocycles. The topological polar surface area (TPSA) is 177 Å². The van der Waals surface area contributed by atoms with E-state index in [1.54, 1.807) is 49.1 Å². The molecule has 354 valence electrons. The molecule has 8 N–H and O–H groups in total. The molecule has 1 fully saturated rings. The normalized spacial score (nSPS) is 18.9. The van der Waals surface area contributed by atoms with Gasteiger partial charge in [0, 0.05) is 65.9 Å². The second-order valence-electron chi connectivity index (χ2n) is 18.6. The van der Waals surface area contributed by atoms with Crippen LogP contribution in [0.3, 0.4) is 0 Å². The highest BCUT2D eigenvalue weighted by Crippen LogP contribution is 2.44. The monoisotopic (exact) mass is 945 g/mol. The molecule has 0 radical (unpaired) electrons. The maximum absolute atomic E-state index is 15.3. The summed E-state index contributed by atoms with van der Waals surface area (Å²) in [6.45, 7) is 2.14. The van der Waals surface area contributed by atoms with Crippen LogP contribution in [0.4, 0.5) is 0 Å². The lowest BCUT2D eigenvalue weighted by molar-refractivity contribution is -0.123. The van der Waals surface area contributed by atoms with Crippen LogP contribution in [-0.4, -0.2) is 81.2 Å². The average molecular weight is 946 g/mol. The van der Waals surface area contributed by atoms with E-state index >= 15 is 4.79 Å². The van der Waals surface area contributed by atoms with Crippen molar-refractivity contribution in [3.8, 4) is 28.7 Å². The van der Waals surface area contributed by atoms with Crippen LogP contribution in [0.25, 0.3) is 10.8 Å². The second-order valence-corrected chi connectivity index (χ2v) is 21.1. The Morgan fingerprint density at radius 1 is 0.896 bits per heavy atom. The zero-order valence-corrected chi connectivity index (χ0v) is 40.1. The first kappa shape index (κ1) is 48.3. The Hall–Kier alpha value is -5.15. The van der Waals surface area contributed by atoms with Crippen LogP contribution in [0.15, 0.2) is 103 Å². The van der Waals surface area contributed by atoms with Crippen molar-refractivity contribution in [1.82, 2.24) is 15.6 Å². The summed E-state index contributed by atoms with van der Waals surface area (Å²) in [6.07, 6.45) is 7.93. The number of aromatic amines is 1. The molecule has 0 saturated heterocycles. The van der Waals surface area contributed by atoms with Gasteiger partial charge in [0.2, 0.25) is 0 Å². The van der Waals surface area contributed by atoms with Gasteiger partial charge in [-0.1, -0.05) is 95.1 Å². The summed E-state index contributed by atoms with van der Waals surface area (Å²) in [5, 5.41) is 66.0. The van der Waals surface area contributed by atoms with Crippen LogP contribution >= 0.6 is 21.6 Å². The van der Waals surface area contributed by atoms with Gasteiger partial charge in [-0.2, -0.15) is 0 Å². The van der Waals surface area contributed by atoms with Gasteiger partial charge >= 0.3 is 0 Å². The Morgan fingerprint density at radius 2 is 1.67 bits per heavy atom. The lowest BCUT2D eigenvalue weighted by Gasteiger charge is -2.31. The fourth-order valence-electron chi connectivity index (χ4n) is 10.2. The van der Waals surface area contributed by atoms with Gasteiger partial charge in [0.05, 0.1) is 18.8 Å². The van der Waals surface area contributed by atoms with Gasteiger partial charge in [-0.05, 0) is 126 Å². The van der Waals surface area contributed by atoms with Crippen molar-refractivity contribution in [2.75, 3.05) is 33.2 Å². The standard InChI is InChI=1S/C54H63N3O8S2/c1-53(63)31-57-33-65-52-46(30-66-67-32-53)38(14-16-48(52)60)25-44(39-23-41(27-42(58)24-39)54(55-2)18-6-7-19-54)50(62)28-49(61)40(21-34-17-20-56-29-34)22-37-13-15-47(59)51(64-3)45(37)26-36-11-8-10-35-9-4-5-12-43(35)36/h4-5,8-17,20,23-24,27,29,40,44,49,55-61,63H,6-7,18-19,21-22,25-26,28,30-33H2,1-3H3. The molecule has 11 nitrogen and oxygen atoms in total. The largest absolute Gasteiger partial charge is 0.508 e. The molecule has 1 aliphatic heterocycles. The maximum Gasteiger partial charge on any atom is 0.167 e. The van der Waals surface area contributed by atoms with Crippen LogP contribution in [0.1, 0.15) is 89.5 Å². The van der Waals surface area contributed by atoms with E-state index in [0.717, 1.165) is 75.4 Å². The van der Waals surface area contributed by atoms with E-state index in [1.807, 2.05) is 61.9 Å². The highest BCUT2D eigenvalue weighted by atomic mass is 33.1. The minimum absolute atomic E-state index is 0.0226. The van der Waals surface area contributed by atoms with Gasteiger partial charge in [-0.25, -0.2) is 0 Å². The third-order valence-electron chi connectivity index (χ3n) is 13.8. The fourth-order valence-corrected chi connectivity index (χ4v) is 12.7. The van der Waals surface area contributed by atoms with E-state index in [4.69, 9.17) is 9.47 Å². The number of fused-ring (bicyclic) bond motifs is 2. The molecule has 13 heteroatoms. The maximum atomic E-state index is 15.3. The van der Waals surface area contributed by atoms with Gasteiger partial charge in [-0.15, -0.1) is 0 Å². The number of β-amino-alcohol motifs (C(OH)–C–C–N with tert-alkyl or cyclic N) is 1. The lowest BCUT2D eigenvalue weighted by atomic mass is 9.79. The van der Waals surface area contributed by atoms with Crippen molar-refractivity contribution >= 4 is 38.1 Å². The number of aromatic hydroxyl groups is 3. The minimum atomic E-state index is -1.09. The number of aliphatic hydroxyl groups excluding tert-OH is 1. The van der Waals surface area contributed by atoms with E-state index in [-0.39, 0.29) is 48.1 Å². The number of carbonyl (C=O) groups excluding carboxylic acids is 1. The van der Waals surface area contributed by atoms with Crippen molar-refractivity contribution in [3.63, 3.8) is 0 Å². The molecule has 0 spiro atoms. The number of hydrogen-bond acceptors (Lipinski definition) is 12. The number of aromatic nitrogens is 1. The molecular formula is C54H63N3O8S2. The van der Waals surface area contributed by atoms with Crippen molar-refractivity contribution in [3.05, 3.63) is 148 Å². The van der Waals surface area contributed by atoms with Gasteiger partial charge in [0.25, 0.3) is 0 Å². The Labute approximate surface area is 401 Å². The summed E-state index contributed by atoms with van der Waals surface area (Å²) in [4.78, 5) is 18.5. The van der Waals surface area contributed by atoms with E-state index < -0.39 is 23.5 Å². The molecular weight excluding hydrogens is 883 g/mol. The van der Waals surface area contributed by atoms with E-state index in [2.05, 4.69) is 39.9 Å². The zero-order chi connectivity index (χ0) is 47.1. The van der Waals surface area contributed by atoms with Gasteiger partial charge in [-0.3, -0.25) is 10.1 Å². The number of nitrogens with one attached hydrogen (secondary N) is 3. The molecule has 1 saturated carbocycles. The molecule has 4 atom stereocenters. The number of Topliss-reactive ketones (excluding diaryl/α,β-unsaturated/α-hetero) is 1. The number of phenols is 3. The van der Waals surface area contributed by atoms with Gasteiger partial charge < -0.3 is 45.3 Å². The number of hydrogen-bond donors (Lipinski definition) is 8. The first-order valence-electron chi connectivity index (χ1n) is 23.2. The molecule has 5 aromatic carbocycles. The molecule has 2 aliphatic rings. The molecule has 0 bridgehead atoms. The number of methoxy groups -OCH3 is 1. The smallest absolute Gasteiger partial charge is 0.167 e. The van der Waals surface area contributed by atoms with Crippen molar-refractivity contribution < 1.29 is 39.8 Å². The summed E-state index contributed by atoms with van der Waals surface area (Å²) in [5.74, 6) is 0.272. The molecule has 8 rings (SSSR count). The molecule has 6 aromatic rings. The van der Waals surface area contributed by atoms with Crippen LogP contribution in [0, 0.1) is 5.92 Å². The molecule has 67 heavy (non-hydrogen) atoms. The van der Waals surface area contributed by atoms with Crippen molar-refractivity contribution in [1.29, 1.82) is 0 Å². The van der Waals surface area contributed by atoms with E-state index in [0.29, 0.717) is 54.4 Å². The highest BCUT2D eigenvalue weighted by Gasteiger charge is 2.37. The zero-order valence-electron chi connectivity index (χ0n) is 38.5. The summed E-state index contributed by atoms with van der Waals surface area (Å²) in [5.41, 5.74) is 5.56. The van der Waals surface area contributed by atoms with Crippen LogP contribution in [-0.2, 0) is 41.8 Å². The number of H-pyrrole nitrogens is 1. The minimum Gasteiger partial charge on any atom is -0.508 e.